The molecule has 3 aromatic rings. The van der Waals surface area contributed by atoms with E-state index in [2.05, 4.69) is 20.7 Å². The quantitative estimate of drug-likeness (QED) is 0.712. The molecule has 0 radical (unpaired) electrons. The molecule has 1 aromatic carbocycles. The number of anilines is 1. The van der Waals surface area contributed by atoms with E-state index in [1.807, 2.05) is 62.5 Å². The Morgan fingerprint density at radius 3 is 2.73 bits per heavy atom. The summed E-state index contributed by atoms with van der Waals surface area (Å²) in [6.45, 7) is 4.71. The summed E-state index contributed by atoms with van der Waals surface area (Å²) in [5.74, 6) is 0.528. The second-order valence-corrected chi connectivity index (χ2v) is 6.21. The summed E-state index contributed by atoms with van der Waals surface area (Å²) < 4.78 is 1.80. The molecule has 0 fully saturated rings. The van der Waals surface area contributed by atoms with E-state index in [0.29, 0.717) is 12.4 Å². The minimum absolute atomic E-state index is 0.0811. The minimum atomic E-state index is -0.268. The Bertz CT molecular complexity index is 859. The summed E-state index contributed by atoms with van der Waals surface area (Å²) >= 11 is 0. The summed E-state index contributed by atoms with van der Waals surface area (Å²) in [5.41, 5.74) is 3.27. The second kappa shape index (κ2) is 8.29. The van der Waals surface area contributed by atoms with Crippen LogP contribution in [0.1, 0.15) is 29.8 Å². The Morgan fingerprint density at radius 2 is 1.96 bits per heavy atom. The molecule has 0 bridgehead atoms. The van der Waals surface area contributed by atoms with Crippen LogP contribution in [0, 0.1) is 6.92 Å². The van der Waals surface area contributed by atoms with Gasteiger partial charge in [-0.25, -0.2) is 4.79 Å². The average molecular weight is 349 g/mol. The van der Waals surface area contributed by atoms with Crippen LogP contribution in [-0.2, 0) is 13.0 Å². The van der Waals surface area contributed by atoms with E-state index >= 15 is 0 Å². The predicted molar refractivity (Wildman–Crippen MR) is 102 cm³/mol. The van der Waals surface area contributed by atoms with Gasteiger partial charge in [-0.3, -0.25) is 15.0 Å². The van der Waals surface area contributed by atoms with Crippen molar-refractivity contribution in [2.75, 3.05) is 5.32 Å². The van der Waals surface area contributed by atoms with E-state index in [-0.39, 0.29) is 12.1 Å². The summed E-state index contributed by atoms with van der Waals surface area (Å²) in [5, 5.41) is 10.1. The van der Waals surface area contributed by atoms with Gasteiger partial charge < -0.3 is 5.32 Å². The summed E-state index contributed by atoms with van der Waals surface area (Å²) in [4.78, 5) is 16.5. The minimum Gasteiger partial charge on any atom is -0.331 e. The van der Waals surface area contributed by atoms with E-state index in [0.717, 1.165) is 23.2 Å². The Labute approximate surface area is 153 Å². The SMILES string of the molecule is Cc1ccccc1[C@@H](C)NC(=O)Nc1ccn(CCc2ccccn2)n1. The van der Waals surface area contributed by atoms with Crippen LogP contribution < -0.4 is 10.6 Å². The van der Waals surface area contributed by atoms with Crippen LogP contribution in [0.15, 0.2) is 60.9 Å². The van der Waals surface area contributed by atoms with Crippen molar-refractivity contribution in [1.82, 2.24) is 20.1 Å². The molecule has 0 aliphatic rings. The lowest BCUT2D eigenvalue weighted by Gasteiger charge is -2.16. The van der Waals surface area contributed by atoms with E-state index < -0.39 is 0 Å². The van der Waals surface area contributed by atoms with Gasteiger partial charge in [0, 0.05) is 37.1 Å². The number of carbonyl (C=O) groups is 1. The van der Waals surface area contributed by atoms with Crippen molar-refractivity contribution in [1.29, 1.82) is 0 Å². The lowest BCUT2D eigenvalue weighted by atomic mass is 10.0. The molecule has 0 spiro atoms. The highest BCUT2D eigenvalue weighted by molar-refractivity contribution is 5.88. The number of aromatic nitrogens is 3. The lowest BCUT2D eigenvalue weighted by molar-refractivity contribution is 0.249. The van der Waals surface area contributed by atoms with Gasteiger partial charge in [-0.15, -0.1) is 0 Å². The molecule has 0 saturated heterocycles. The van der Waals surface area contributed by atoms with Gasteiger partial charge in [0.2, 0.25) is 0 Å². The molecule has 2 heterocycles. The third-order valence-electron chi connectivity index (χ3n) is 4.21. The number of aryl methyl sites for hydroxylation is 3. The monoisotopic (exact) mass is 349 g/mol. The molecular weight excluding hydrogens is 326 g/mol. The molecule has 134 valence electrons. The first-order valence-corrected chi connectivity index (χ1v) is 8.68. The molecule has 0 aliphatic heterocycles. The fraction of sp³-hybridized carbons (Fsp3) is 0.250. The van der Waals surface area contributed by atoms with Crippen molar-refractivity contribution < 1.29 is 4.79 Å². The van der Waals surface area contributed by atoms with E-state index in [9.17, 15) is 4.79 Å². The van der Waals surface area contributed by atoms with Crippen LogP contribution >= 0.6 is 0 Å². The van der Waals surface area contributed by atoms with Crippen LogP contribution in [0.5, 0.6) is 0 Å². The van der Waals surface area contributed by atoms with Crippen molar-refractivity contribution in [3.8, 4) is 0 Å². The number of rotatable bonds is 6. The van der Waals surface area contributed by atoms with Gasteiger partial charge in [-0.1, -0.05) is 30.3 Å². The highest BCUT2D eigenvalue weighted by Gasteiger charge is 2.12. The van der Waals surface area contributed by atoms with Crippen molar-refractivity contribution in [2.24, 2.45) is 0 Å². The zero-order valence-corrected chi connectivity index (χ0v) is 15.0. The average Bonchev–Trinajstić information content (AvgIpc) is 3.08. The number of carbonyl (C=O) groups excluding carboxylic acids is 1. The Hall–Kier alpha value is -3.15. The summed E-state index contributed by atoms with van der Waals surface area (Å²) in [6.07, 6.45) is 4.42. The first kappa shape index (κ1) is 17.7. The van der Waals surface area contributed by atoms with Gasteiger partial charge in [-0.05, 0) is 37.1 Å². The molecule has 1 atom stereocenters. The maximum Gasteiger partial charge on any atom is 0.320 e. The van der Waals surface area contributed by atoms with Gasteiger partial charge in [0.05, 0.1) is 6.04 Å². The van der Waals surface area contributed by atoms with E-state index in [1.165, 1.54) is 0 Å². The number of hydrogen-bond donors (Lipinski definition) is 2. The molecule has 3 rings (SSSR count). The zero-order valence-electron chi connectivity index (χ0n) is 15.0. The number of benzene rings is 1. The van der Waals surface area contributed by atoms with E-state index in [1.54, 1.807) is 16.9 Å². The Kier molecular flexibility index (Phi) is 5.63. The van der Waals surface area contributed by atoms with E-state index in [4.69, 9.17) is 0 Å². The molecule has 0 saturated carbocycles. The van der Waals surface area contributed by atoms with Crippen LogP contribution in [0.4, 0.5) is 10.6 Å². The fourth-order valence-electron chi connectivity index (χ4n) is 2.83. The molecule has 6 heteroatoms. The molecule has 0 aliphatic carbocycles. The first-order valence-electron chi connectivity index (χ1n) is 8.68. The Balaban J connectivity index is 1.52. The predicted octanol–water partition coefficient (Wildman–Crippen LogP) is 3.71. The molecule has 26 heavy (non-hydrogen) atoms. The van der Waals surface area contributed by atoms with Gasteiger partial charge in [0.25, 0.3) is 0 Å². The smallest absolute Gasteiger partial charge is 0.320 e. The fourth-order valence-corrected chi connectivity index (χ4v) is 2.83. The molecule has 2 amide bonds. The highest BCUT2D eigenvalue weighted by Crippen LogP contribution is 2.16. The molecule has 2 N–H and O–H groups in total. The number of nitrogens with one attached hydrogen (secondary N) is 2. The number of hydrogen-bond acceptors (Lipinski definition) is 3. The van der Waals surface area contributed by atoms with Crippen molar-refractivity contribution in [2.45, 2.75) is 32.9 Å². The number of nitrogens with zero attached hydrogens (tertiary/aromatic N) is 3. The van der Waals surface area contributed by atoms with Crippen LogP contribution in [0.3, 0.4) is 0 Å². The van der Waals surface area contributed by atoms with Gasteiger partial charge >= 0.3 is 6.03 Å². The van der Waals surface area contributed by atoms with Crippen LogP contribution in [0.2, 0.25) is 0 Å². The van der Waals surface area contributed by atoms with Crippen LogP contribution in [-0.4, -0.2) is 20.8 Å². The Morgan fingerprint density at radius 1 is 1.15 bits per heavy atom. The number of amides is 2. The zero-order chi connectivity index (χ0) is 18.4. The van der Waals surface area contributed by atoms with Gasteiger partial charge in [-0.2, -0.15) is 5.10 Å². The number of urea groups is 1. The van der Waals surface area contributed by atoms with Gasteiger partial charge in [0.1, 0.15) is 0 Å². The lowest BCUT2D eigenvalue weighted by Crippen LogP contribution is -2.31. The largest absolute Gasteiger partial charge is 0.331 e. The molecule has 2 aromatic heterocycles. The normalized spacial score (nSPS) is 11.8. The molecular formula is C20H23N5O. The van der Waals surface area contributed by atoms with Crippen LogP contribution in [0.25, 0.3) is 0 Å². The second-order valence-electron chi connectivity index (χ2n) is 6.21. The topological polar surface area (TPSA) is 71.8 Å². The van der Waals surface area contributed by atoms with Gasteiger partial charge in [0.15, 0.2) is 5.82 Å². The standard InChI is InChI=1S/C20H23N5O/c1-15-7-3-4-9-18(15)16(2)22-20(26)23-19-11-14-25(24-19)13-10-17-8-5-6-12-21-17/h3-9,11-12,14,16H,10,13H2,1-2H3,(H2,22,23,24,26)/t16-/m1/s1. The maximum atomic E-state index is 12.2. The van der Waals surface area contributed by atoms with Crippen molar-refractivity contribution >= 4 is 11.8 Å². The summed E-state index contributed by atoms with van der Waals surface area (Å²) in [7, 11) is 0. The first-order chi connectivity index (χ1) is 12.6. The molecule has 0 unspecified atom stereocenters. The highest BCUT2D eigenvalue weighted by atomic mass is 16.2. The maximum absolute atomic E-state index is 12.2. The summed E-state index contributed by atoms with van der Waals surface area (Å²) in [6, 6.07) is 15.3. The third-order valence-corrected chi connectivity index (χ3v) is 4.21. The molecule has 6 nitrogen and oxygen atoms in total. The third kappa shape index (κ3) is 4.69. The van der Waals surface area contributed by atoms with Crippen molar-refractivity contribution in [3.63, 3.8) is 0 Å². The van der Waals surface area contributed by atoms with Crippen molar-refractivity contribution in [3.05, 3.63) is 77.7 Å². The number of pyridine rings is 1.